The fraction of sp³-hybridized carbons (Fsp3) is 0.333. The van der Waals surface area contributed by atoms with Gasteiger partial charge in [0, 0.05) is 24.1 Å². The van der Waals surface area contributed by atoms with E-state index >= 15 is 0 Å². The van der Waals surface area contributed by atoms with Crippen molar-refractivity contribution in [1.82, 2.24) is 10.0 Å². The van der Waals surface area contributed by atoms with E-state index in [0.29, 0.717) is 30.8 Å². The Morgan fingerprint density at radius 3 is 2.63 bits per heavy atom. The molecule has 0 radical (unpaired) electrons. The molecule has 0 aliphatic carbocycles. The third-order valence-corrected chi connectivity index (χ3v) is 6.56. The van der Waals surface area contributed by atoms with Crippen LogP contribution in [0.25, 0.3) is 0 Å². The lowest BCUT2D eigenvalue weighted by Crippen LogP contribution is -2.66. The first-order chi connectivity index (χ1) is 14.5. The van der Waals surface area contributed by atoms with Gasteiger partial charge in [0.05, 0.1) is 12.6 Å². The van der Waals surface area contributed by atoms with Crippen LogP contribution in [0.5, 0.6) is 0 Å². The topological polar surface area (TPSA) is 40.6 Å². The highest BCUT2D eigenvalue weighted by atomic mass is 35.5. The number of hydrazine groups is 1. The number of benzene rings is 2. The highest BCUT2D eigenvalue weighted by Crippen LogP contribution is 2.30. The highest BCUT2D eigenvalue weighted by molar-refractivity contribution is 8.00. The normalized spacial score (nSPS) is 16.5. The molecule has 1 aliphatic rings. The first-order valence-corrected chi connectivity index (χ1v) is 11.4. The summed E-state index contributed by atoms with van der Waals surface area (Å²) in [4.78, 5) is 25.4. The van der Waals surface area contributed by atoms with Gasteiger partial charge in [-0.1, -0.05) is 54.1 Å². The van der Waals surface area contributed by atoms with Crippen molar-refractivity contribution in [3.63, 3.8) is 0 Å². The van der Waals surface area contributed by atoms with Crippen molar-refractivity contribution in [2.45, 2.75) is 43.2 Å². The van der Waals surface area contributed by atoms with Gasteiger partial charge in [0.15, 0.2) is 0 Å². The summed E-state index contributed by atoms with van der Waals surface area (Å²) < 4.78 is 0. The molecule has 0 saturated carbocycles. The fourth-order valence-electron chi connectivity index (χ4n) is 3.59. The smallest absolute Gasteiger partial charge is 0.256 e. The van der Waals surface area contributed by atoms with Crippen LogP contribution in [-0.4, -0.2) is 39.7 Å². The van der Waals surface area contributed by atoms with Gasteiger partial charge in [0.25, 0.3) is 5.91 Å². The van der Waals surface area contributed by atoms with E-state index < -0.39 is 0 Å². The zero-order valence-electron chi connectivity index (χ0n) is 17.0. The molecule has 1 saturated heterocycles. The molecule has 2 aromatic carbocycles. The van der Waals surface area contributed by atoms with Crippen LogP contribution in [0.1, 0.15) is 30.9 Å². The summed E-state index contributed by atoms with van der Waals surface area (Å²) in [5.74, 6) is 3.24. The molecule has 0 spiro atoms. The lowest BCUT2D eigenvalue weighted by atomic mass is 10.0. The maximum atomic E-state index is 12.9. The van der Waals surface area contributed by atoms with E-state index in [-0.39, 0.29) is 23.1 Å². The number of amides is 2. The van der Waals surface area contributed by atoms with Gasteiger partial charge in [-0.15, -0.1) is 24.1 Å². The van der Waals surface area contributed by atoms with Crippen molar-refractivity contribution >= 4 is 35.2 Å². The molecule has 1 heterocycles. The molecular formula is C24H25ClN2O2S. The van der Waals surface area contributed by atoms with Crippen LogP contribution in [0.3, 0.4) is 0 Å². The molecule has 3 rings (SSSR count). The first-order valence-electron chi connectivity index (χ1n) is 9.94. The Kier molecular flexibility index (Phi) is 7.84. The van der Waals surface area contributed by atoms with Crippen LogP contribution in [0, 0.1) is 12.3 Å². The average Bonchev–Trinajstić information content (AvgIpc) is 2.73. The summed E-state index contributed by atoms with van der Waals surface area (Å²) in [5, 5.41) is 3.69. The molecule has 1 fully saturated rings. The lowest BCUT2D eigenvalue weighted by Gasteiger charge is -2.47. The van der Waals surface area contributed by atoms with Crippen molar-refractivity contribution < 1.29 is 9.59 Å². The van der Waals surface area contributed by atoms with Gasteiger partial charge >= 0.3 is 0 Å². The van der Waals surface area contributed by atoms with Gasteiger partial charge < -0.3 is 0 Å². The Labute approximate surface area is 187 Å². The number of carbonyl (C=O) groups is 2. The Morgan fingerprint density at radius 2 is 2.00 bits per heavy atom. The summed E-state index contributed by atoms with van der Waals surface area (Å²) in [6.45, 7) is 2.02. The second-order valence-electron chi connectivity index (χ2n) is 7.30. The number of hydrogen-bond donors (Lipinski definition) is 0. The van der Waals surface area contributed by atoms with Crippen molar-refractivity contribution in [1.29, 1.82) is 0 Å². The number of rotatable bonds is 9. The van der Waals surface area contributed by atoms with Gasteiger partial charge in [-0.25, -0.2) is 10.0 Å². The first kappa shape index (κ1) is 22.3. The Balaban J connectivity index is 1.68. The molecule has 2 aromatic rings. The van der Waals surface area contributed by atoms with Gasteiger partial charge in [0.2, 0.25) is 5.91 Å². The number of thioether (sulfide) groups is 1. The average molecular weight is 441 g/mol. The number of terminal acetylenes is 1. The van der Waals surface area contributed by atoms with Gasteiger partial charge in [-0.05, 0) is 36.1 Å². The van der Waals surface area contributed by atoms with Crippen LogP contribution in [0.2, 0.25) is 5.02 Å². The molecule has 2 amide bonds. The third kappa shape index (κ3) is 5.59. The van der Waals surface area contributed by atoms with E-state index in [1.165, 1.54) is 12.5 Å². The molecule has 4 nitrogen and oxygen atoms in total. The maximum absolute atomic E-state index is 12.9. The third-order valence-electron chi connectivity index (χ3n) is 5.07. The predicted molar refractivity (Wildman–Crippen MR) is 123 cm³/mol. The van der Waals surface area contributed by atoms with E-state index in [1.54, 1.807) is 21.8 Å². The summed E-state index contributed by atoms with van der Waals surface area (Å²) in [6.07, 6.45) is 7.22. The van der Waals surface area contributed by atoms with Crippen molar-refractivity contribution in [3.05, 3.63) is 70.7 Å². The van der Waals surface area contributed by atoms with Crippen molar-refractivity contribution in [2.75, 3.05) is 6.54 Å². The predicted octanol–water partition coefficient (Wildman–Crippen LogP) is 4.57. The molecule has 30 heavy (non-hydrogen) atoms. The van der Waals surface area contributed by atoms with E-state index in [0.717, 1.165) is 11.3 Å². The van der Waals surface area contributed by atoms with Crippen LogP contribution in [0.4, 0.5) is 0 Å². The van der Waals surface area contributed by atoms with E-state index in [9.17, 15) is 9.59 Å². The Morgan fingerprint density at radius 1 is 1.27 bits per heavy atom. The molecule has 0 bridgehead atoms. The van der Waals surface area contributed by atoms with E-state index in [1.807, 2.05) is 42.5 Å². The van der Waals surface area contributed by atoms with Crippen LogP contribution < -0.4 is 0 Å². The molecule has 2 unspecified atom stereocenters. The maximum Gasteiger partial charge on any atom is 0.256 e. The Bertz CT molecular complexity index is 928. The molecule has 0 aromatic heterocycles. The standard InChI is InChI=1S/C24H25ClN2O2S/c1-3-4-13-22(15-20-11-8-12-21(25)14-20)27(18(2)28)26-16-23(24(26)29)30-17-19-9-6-5-7-10-19/h1,5-12,14,22-23H,4,13,15-17H2,2H3. The molecule has 6 heteroatoms. The summed E-state index contributed by atoms with van der Waals surface area (Å²) >= 11 is 7.74. The quantitative estimate of drug-likeness (QED) is 0.423. The number of carbonyl (C=O) groups excluding carboxylic acids is 2. The Hall–Kier alpha value is -2.42. The van der Waals surface area contributed by atoms with Crippen LogP contribution in [-0.2, 0) is 21.8 Å². The minimum absolute atomic E-state index is 0.0251. The second-order valence-corrected chi connectivity index (χ2v) is 8.93. The second kappa shape index (κ2) is 10.6. The summed E-state index contributed by atoms with van der Waals surface area (Å²) in [7, 11) is 0. The largest absolute Gasteiger partial charge is 0.273 e. The molecule has 0 N–H and O–H groups in total. The number of halogens is 1. The molecule has 156 valence electrons. The van der Waals surface area contributed by atoms with Crippen LogP contribution in [0.15, 0.2) is 54.6 Å². The molecule has 1 aliphatic heterocycles. The van der Waals surface area contributed by atoms with E-state index in [2.05, 4.69) is 18.1 Å². The van der Waals surface area contributed by atoms with Crippen molar-refractivity contribution in [3.8, 4) is 12.3 Å². The minimum atomic E-state index is -0.193. The SMILES string of the molecule is C#CCCC(Cc1cccc(Cl)c1)N(C(C)=O)N1CC(SCc2ccccc2)C1=O. The van der Waals surface area contributed by atoms with Crippen LogP contribution >= 0.6 is 23.4 Å². The summed E-state index contributed by atoms with van der Waals surface area (Å²) in [6, 6.07) is 17.4. The minimum Gasteiger partial charge on any atom is -0.273 e. The summed E-state index contributed by atoms with van der Waals surface area (Å²) in [5.41, 5.74) is 2.20. The number of nitrogens with zero attached hydrogens (tertiary/aromatic N) is 2. The molecule has 2 atom stereocenters. The lowest BCUT2D eigenvalue weighted by molar-refractivity contribution is -0.179. The monoisotopic (exact) mass is 440 g/mol. The van der Waals surface area contributed by atoms with Crippen molar-refractivity contribution in [2.24, 2.45) is 0 Å². The number of hydrogen-bond acceptors (Lipinski definition) is 3. The fourth-order valence-corrected chi connectivity index (χ4v) is 4.90. The molecular weight excluding hydrogens is 416 g/mol. The number of β-lactam (4-membered cyclic amide) rings is 1. The van der Waals surface area contributed by atoms with Gasteiger partial charge in [0.1, 0.15) is 5.25 Å². The van der Waals surface area contributed by atoms with Gasteiger partial charge in [-0.2, -0.15) is 0 Å². The van der Waals surface area contributed by atoms with Gasteiger partial charge in [-0.3, -0.25) is 9.59 Å². The highest BCUT2D eigenvalue weighted by Gasteiger charge is 2.43. The van der Waals surface area contributed by atoms with E-state index in [4.69, 9.17) is 18.0 Å². The zero-order valence-corrected chi connectivity index (χ0v) is 18.5. The zero-order chi connectivity index (χ0) is 21.5.